The summed E-state index contributed by atoms with van der Waals surface area (Å²) in [7, 11) is 0. The third-order valence-electron chi connectivity index (χ3n) is 2.74. The zero-order valence-corrected chi connectivity index (χ0v) is 11.8. The molecular formula is C14H13BrN2O2. The van der Waals surface area contributed by atoms with Crippen molar-refractivity contribution in [2.75, 3.05) is 18.5 Å². The third-order valence-corrected chi connectivity index (χ3v) is 3.17. The maximum absolute atomic E-state index is 5.66. The van der Waals surface area contributed by atoms with Gasteiger partial charge in [-0.2, -0.15) is 0 Å². The number of nitrogens with zero attached hydrogens (tertiary/aromatic N) is 1. The maximum atomic E-state index is 5.66. The quantitative estimate of drug-likeness (QED) is 0.915. The number of pyridine rings is 1. The van der Waals surface area contributed by atoms with E-state index >= 15 is 0 Å². The van der Waals surface area contributed by atoms with Gasteiger partial charge in [0.2, 0.25) is 0 Å². The molecule has 0 unspecified atom stereocenters. The Morgan fingerprint density at radius 1 is 1.00 bits per heavy atom. The summed E-state index contributed by atoms with van der Waals surface area (Å²) >= 11 is 3.40. The summed E-state index contributed by atoms with van der Waals surface area (Å²) in [6.07, 6.45) is 4.43. The first-order valence-electron chi connectivity index (χ1n) is 6.08. The van der Waals surface area contributed by atoms with E-state index in [0.717, 1.165) is 33.8 Å². The molecule has 19 heavy (non-hydrogen) atoms. The topological polar surface area (TPSA) is 43.4 Å². The van der Waals surface area contributed by atoms with Crippen molar-refractivity contribution in [1.29, 1.82) is 0 Å². The van der Waals surface area contributed by atoms with Gasteiger partial charge in [0, 0.05) is 28.8 Å². The van der Waals surface area contributed by atoms with Crippen LogP contribution in [0.4, 0.5) is 11.4 Å². The molecule has 0 fully saturated rings. The number of rotatable bonds is 2. The van der Waals surface area contributed by atoms with E-state index in [9.17, 15) is 0 Å². The number of benzene rings is 1. The van der Waals surface area contributed by atoms with Crippen LogP contribution in [0.2, 0.25) is 0 Å². The van der Waals surface area contributed by atoms with Gasteiger partial charge in [0.15, 0.2) is 11.5 Å². The molecule has 0 bridgehead atoms. The summed E-state index contributed by atoms with van der Waals surface area (Å²) in [5, 5.41) is 3.29. The molecular weight excluding hydrogens is 308 g/mol. The fourth-order valence-electron chi connectivity index (χ4n) is 1.89. The first kappa shape index (κ1) is 12.3. The highest BCUT2D eigenvalue weighted by Gasteiger charge is 2.10. The Hall–Kier alpha value is -1.75. The highest BCUT2D eigenvalue weighted by molar-refractivity contribution is 9.10. The van der Waals surface area contributed by atoms with Gasteiger partial charge in [-0.05, 0) is 34.1 Å². The number of halogens is 1. The van der Waals surface area contributed by atoms with Crippen molar-refractivity contribution in [2.45, 2.75) is 6.42 Å². The van der Waals surface area contributed by atoms with Crippen molar-refractivity contribution in [3.63, 3.8) is 0 Å². The van der Waals surface area contributed by atoms with Crippen LogP contribution in [0.15, 0.2) is 41.1 Å². The normalized spacial score (nSPS) is 13.7. The molecule has 0 aliphatic carbocycles. The first-order valence-corrected chi connectivity index (χ1v) is 6.88. The lowest BCUT2D eigenvalue weighted by atomic mass is 10.2. The second-order valence-corrected chi connectivity index (χ2v) is 5.14. The molecule has 0 saturated heterocycles. The lowest BCUT2D eigenvalue weighted by Gasteiger charge is -2.11. The minimum absolute atomic E-state index is 0.689. The predicted molar refractivity (Wildman–Crippen MR) is 77.3 cm³/mol. The summed E-state index contributed by atoms with van der Waals surface area (Å²) in [4.78, 5) is 4.12. The van der Waals surface area contributed by atoms with Gasteiger partial charge < -0.3 is 14.8 Å². The van der Waals surface area contributed by atoms with E-state index in [4.69, 9.17) is 9.47 Å². The maximum Gasteiger partial charge on any atom is 0.163 e. The molecule has 0 radical (unpaired) electrons. The van der Waals surface area contributed by atoms with Crippen molar-refractivity contribution in [3.05, 3.63) is 41.1 Å². The molecule has 5 heteroatoms. The molecule has 2 aromatic rings. The molecule has 98 valence electrons. The Bertz CT molecular complexity index is 589. The predicted octanol–water partition coefficient (Wildman–Crippen LogP) is 3.75. The molecule has 2 heterocycles. The summed E-state index contributed by atoms with van der Waals surface area (Å²) in [5.41, 5.74) is 1.87. The number of hydrogen-bond acceptors (Lipinski definition) is 4. The Morgan fingerprint density at radius 2 is 1.84 bits per heavy atom. The van der Waals surface area contributed by atoms with Crippen LogP contribution in [-0.4, -0.2) is 18.2 Å². The van der Waals surface area contributed by atoms with E-state index in [2.05, 4.69) is 26.2 Å². The Morgan fingerprint density at radius 3 is 2.68 bits per heavy atom. The van der Waals surface area contributed by atoms with Crippen molar-refractivity contribution >= 4 is 27.3 Å². The van der Waals surface area contributed by atoms with E-state index in [1.165, 1.54) is 0 Å². The van der Waals surface area contributed by atoms with Crippen LogP contribution in [-0.2, 0) is 0 Å². The van der Waals surface area contributed by atoms with E-state index < -0.39 is 0 Å². The van der Waals surface area contributed by atoms with Crippen LogP contribution >= 0.6 is 15.9 Å². The summed E-state index contributed by atoms with van der Waals surface area (Å²) in [6.45, 7) is 1.39. The first-order chi connectivity index (χ1) is 9.31. The Labute approximate surface area is 119 Å². The van der Waals surface area contributed by atoms with Crippen LogP contribution in [0.5, 0.6) is 11.5 Å². The standard InChI is InChI=1S/C14H13BrN2O2/c15-10-6-12(9-16-8-10)17-11-2-3-13-14(7-11)19-5-1-4-18-13/h2-3,6-9,17H,1,4-5H2. The van der Waals surface area contributed by atoms with Crippen LogP contribution in [0, 0.1) is 0 Å². The number of aromatic nitrogens is 1. The Balaban J connectivity index is 1.84. The largest absolute Gasteiger partial charge is 0.490 e. The van der Waals surface area contributed by atoms with Gasteiger partial charge >= 0.3 is 0 Å². The summed E-state index contributed by atoms with van der Waals surface area (Å²) in [6, 6.07) is 7.81. The minimum atomic E-state index is 0.689. The average molecular weight is 321 g/mol. The molecule has 3 rings (SSSR count). The van der Waals surface area contributed by atoms with E-state index in [0.29, 0.717) is 13.2 Å². The number of nitrogens with one attached hydrogen (secondary N) is 1. The fourth-order valence-corrected chi connectivity index (χ4v) is 2.25. The lowest BCUT2D eigenvalue weighted by Crippen LogP contribution is -1.97. The second kappa shape index (κ2) is 5.48. The number of fused-ring (bicyclic) bond motifs is 1. The molecule has 1 N–H and O–H groups in total. The minimum Gasteiger partial charge on any atom is -0.490 e. The van der Waals surface area contributed by atoms with Crippen molar-refractivity contribution in [2.24, 2.45) is 0 Å². The fraction of sp³-hybridized carbons (Fsp3) is 0.214. The monoisotopic (exact) mass is 320 g/mol. The SMILES string of the molecule is Brc1cncc(Nc2ccc3c(c2)OCCCO3)c1. The summed E-state index contributed by atoms with van der Waals surface area (Å²) < 4.78 is 12.2. The lowest BCUT2D eigenvalue weighted by molar-refractivity contribution is 0.297. The Kier molecular flexibility index (Phi) is 3.55. The van der Waals surface area contributed by atoms with Gasteiger partial charge in [0.05, 0.1) is 25.1 Å². The number of hydrogen-bond donors (Lipinski definition) is 1. The average Bonchev–Trinajstić information content (AvgIpc) is 2.63. The van der Waals surface area contributed by atoms with Crippen LogP contribution < -0.4 is 14.8 Å². The molecule has 1 aliphatic heterocycles. The molecule has 0 amide bonds. The van der Waals surface area contributed by atoms with Gasteiger partial charge in [-0.15, -0.1) is 0 Å². The van der Waals surface area contributed by atoms with Crippen LogP contribution in [0.3, 0.4) is 0 Å². The van der Waals surface area contributed by atoms with Crippen molar-refractivity contribution in [3.8, 4) is 11.5 Å². The van der Waals surface area contributed by atoms with E-state index in [-0.39, 0.29) is 0 Å². The van der Waals surface area contributed by atoms with Gasteiger partial charge in [-0.3, -0.25) is 4.98 Å². The smallest absolute Gasteiger partial charge is 0.163 e. The van der Waals surface area contributed by atoms with Crippen LogP contribution in [0.1, 0.15) is 6.42 Å². The number of anilines is 2. The zero-order valence-electron chi connectivity index (χ0n) is 10.2. The van der Waals surface area contributed by atoms with Gasteiger partial charge in [0.1, 0.15) is 0 Å². The molecule has 0 atom stereocenters. The molecule has 1 aromatic carbocycles. The van der Waals surface area contributed by atoms with E-state index in [1.54, 1.807) is 12.4 Å². The van der Waals surface area contributed by atoms with Gasteiger partial charge in [-0.1, -0.05) is 0 Å². The van der Waals surface area contributed by atoms with Gasteiger partial charge in [0.25, 0.3) is 0 Å². The molecule has 1 aromatic heterocycles. The van der Waals surface area contributed by atoms with Crippen molar-refractivity contribution in [1.82, 2.24) is 4.98 Å². The van der Waals surface area contributed by atoms with E-state index in [1.807, 2.05) is 24.3 Å². The highest BCUT2D eigenvalue weighted by atomic mass is 79.9. The third kappa shape index (κ3) is 2.98. The number of ether oxygens (including phenoxy) is 2. The molecule has 1 aliphatic rings. The molecule has 4 nitrogen and oxygen atoms in total. The molecule has 0 spiro atoms. The zero-order chi connectivity index (χ0) is 13.1. The summed E-state index contributed by atoms with van der Waals surface area (Å²) in [5.74, 6) is 1.58. The van der Waals surface area contributed by atoms with Gasteiger partial charge in [-0.25, -0.2) is 0 Å². The highest BCUT2D eigenvalue weighted by Crippen LogP contribution is 2.33. The van der Waals surface area contributed by atoms with Crippen molar-refractivity contribution < 1.29 is 9.47 Å². The van der Waals surface area contributed by atoms with Crippen LogP contribution in [0.25, 0.3) is 0 Å². The second-order valence-electron chi connectivity index (χ2n) is 4.23. The molecule has 0 saturated carbocycles.